The van der Waals surface area contributed by atoms with Crippen LogP contribution < -0.4 is 0 Å². The summed E-state index contributed by atoms with van der Waals surface area (Å²) in [6, 6.07) is 7.10. The van der Waals surface area contributed by atoms with E-state index in [0.717, 1.165) is 14.2 Å². The van der Waals surface area contributed by atoms with Crippen molar-refractivity contribution >= 4 is 68.0 Å². The van der Waals surface area contributed by atoms with E-state index in [1.807, 2.05) is 11.4 Å². The Balaban J connectivity index is 2.06. The summed E-state index contributed by atoms with van der Waals surface area (Å²) in [7, 11) is 0. The van der Waals surface area contributed by atoms with Crippen molar-refractivity contribution in [2.75, 3.05) is 5.75 Å². The Morgan fingerprint density at radius 2 is 2.11 bits per heavy atom. The van der Waals surface area contributed by atoms with Crippen molar-refractivity contribution < 1.29 is 4.79 Å². The summed E-state index contributed by atoms with van der Waals surface area (Å²) in [5.41, 5.74) is 0. The Hall–Kier alpha value is -0.000000000000000111. The Kier molecular flexibility index (Phi) is 5.15. The topological polar surface area (TPSA) is 17.1 Å². The first-order valence-corrected chi connectivity index (χ1v) is 8.33. The standard InChI is InChI=1S/C12H7BrCl2OS2/c13-8-3-4-17-12(8)10(16)6-18-11-5-7(14)1-2-9(11)15/h1-5H,6H2. The van der Waals surface area contributed by atoms with Crippen molar-refractivity contribution in [3.8, 4) is 0 Å². The SMILES string of the molecule is O=C(CSc1cc(Cl)ccc1Cl)c1sccc1Br. The maximum atomic E-state index is 12.0. The second-order valence-electron chi connectivity index (χ2n) is 3.38. The van der Waals surface area contributed by atoms with Crippen LogP contribution >= 0.6 is 62.2 Å². The summed E-state index contributed by atoms with van der Waals surface area (Å²) in [5.74, 6) is 0.428. The van der Waals surface area contributed by atoms with Crippen LogP contribution in [0.2, 0.25) is 10.0 Å². The van der Waals surface area contributed by atoms with Crippen molar-refractivity contribution in [1.29, 1.82) is 0 Å². The van der Waals surface area contributed by atoms with E-state index in [1.54, 1.807) is 18.2 Å². The molecular formula is C12H7BrCl2OS2. The van der Waals surface area contributed by atoms with Crippen molar-refractivity contribution in [2.45, 2.75) is 4.90 Å². The third-order valence-electron chi connectivity index (χ3n) is 2.12. The minimum absolute atomic E-state index is 0.0814. The Labute approximate surface area is 132 Å². The van der Waals surface area contributed by atoms with Crippen molar-refractivity contribution in [1.82, 2.24) is 0 Å². The number of halogens is 3. The number of ketones is 1. The summed E-state index contributed by atoms with van der Waals surface area (Å²) >= 11 is 18.1. The summed E-state index contributed by atoms with van der Waals surface area (Å²) in [6.45, 7) is 0. The second kappa shape index (κ2) is 6.44. The Morgan fingerprint density at radius 1 is 1.33 bits per heavy atom. The second-order valence-corrected chi connectivity index (χ2v) is 7.02. The molecule has 1 aromatic carbocycles. The van der Waals surface area contributed by atoms with Gasteiger partial charge in [0.05, 0.1) is 15.7 Å². The molecule has 0 bridgehead atoms. The number of benzene rings is 1. The van der Waals surface area contributed by atoms with Gasteiger partial charge >= 0.3 is 0 Å². The molecule has 0 aliphatic heterocycles. The number of thioether (sulfide) groups is 1. The molecule has 1 heterocycles. The van der Waals surface area contributed by atoms with Gasteiger partial charge in [-0.25, -0.2) is 0 Å². The first kappa shape index (κ1) is 14.4. The van der Waals surface area contributed by atoms with E-state index < -0.39 is 0 Å². The molecule has 0 atom stereocenters. The molecule has 94 valence electrons. The fourth-order valence-electron chi connectivity index (χ4n) is 1.29. The zero-order valence-electron chi connectivity index (χ0n) is 8.95. The summed E-state index contributed by atoms with van der Waals surface area (Å²) in [6.07, 6.45) is 0. The minimum Gasteiger partial charge on any atom is -0.292 e. The average Bonchev–Trinajstić information content (AvgIpc) is 2.76. The molecule has 0 spiro atoms. The van der Waals surface area contributed by atoms with Gasteiger partial charge in [0.2, 0.25) is 0 Å². The minimum atomic E-state index is 0.0814. The molecule has 2 aromatic rings. The fourth-order valence-corrected chi connectivity index (χ4v) is 4.28. The number of hydrogen-bond donors (Lipinski definition) is 0. The highest BCUT2D eigenvalue weighted by Crippen LogP contribution is 2.31. The van der Waals surface area contributed by atoms with Gasteiger partial charge in [-0.15, -0.1) is 23.1 Å². The lowest BCUT2D eigenvalue weighted by Crippen LogP contribution is -2.00. The third kappa shape index (κ3) is 3.52. The van der Waals surface area contributed by atoms with E-state index >= 15 is 0 Å². The number of thiophene rings is 1. The van der Waals surface area contributed by atoms with Crippen LogP contribution in [-0.2, 0) is 0 Å². The van der Waals surface area contributed by atoms with E-state index in [-0.39, 0.29) is 5.78 Å². The molecule has 0 aliphatic carbocycles. The van der Waals surface area contributed by atoms with Gasteiger partial charge in [-0.1, -0.05) is 23.2 Å². The zero-order chi connectivity index (χ0) is 13.1. The first-order valence-electron chi connectivity index (χ1n) is 4.92. The van der Waals surface area contributed by atoms with Crippen LogP contribution in [0.3, 0.4) is 0 Å². The highest BCUT2D eigenvalue weighted by molar-refractivity contribution is 9.10. The lowest BCUT2D eigenvalue weighted by Gasteiger charge is -2.04. The van der Waals surface area contributed by atoms with Gasteiger partial charge in [-0.3, -0.25) is 4.79 Å². The fraction of sp³-hybridized carbons (Fsp3) is 0.0833. The quantitative estimate of drug-likeness (QED) is 0.492. The summed E-state index contributed by atoms with van der Waals surface area (Å²) < 4.78 is 0.843. The van der Waals surface area contributed by atoms with Gasteiger partial charge < -0.3 is 0 Å². The van der Waals surface area contributed by atoms with Crippen LogP contribution in [0.4, 0.5) is 0 Å². The molecule has 2 rings (SSSR count). The molecular weight excluding hydrogens is 375 g/mol. The van der Waals surface area contributed by atoms with Crippen LogP contribution in [0.5, 0.6) is 0 Å². The van der Waals surface area contributed by atoms with E-state index in [9.17, 15) is 4.79 Å². The molecule has 0 saturated heterocycles. The normalized spacial score (nSPS) is 10.6. The molecule has 18 heavy (non-hydrogen) atoms. The predicted octanol–water partition coefficient (Wildman–Crippen LogP) is 5.79. The highest BCUT2D eigenvalue weighted by Gasteiger charge is 2.13. The van der Waals surface area contributed by atoms with Crippen LogP contribution in [0.1, 0.15) is 9.67 Å². The molecule has 0 amide bonds. The van der Waals surface area contributed by atoms with Crippen LogP contribution in [0, 0.1) is 0 Å². The first-order chi connectivity index (χ1) is 8.58. The van der Waals surface area contributed by atoms with Crippen molar-refractivity contribution in [3.63, 3.8) is 0 Å². The molecule has 6 heteroatoms. The van der Waals surface area contributed by atoms with E-state index in [2.05, 4.69) is 15.9 Å². The highest BCUT2D eigenvalue weighted by atomic mass is 79.9. The van der Waals surface area contributed by atoms with Gasteiger partial charge in [0.1, 0.15) is 0 Å². The largest absolute Gasteiger partial charge is 0.292 e. The molecule has 0 radical (unpaired) electrons. The smallest absolute Gasteiger partial charge is 0.184 e. The molecule has 0 aliphatic rings. The molecule has 1 nitrogen and oxygen atoms in total. The van der Waals surface area contributed by atoms with Gasteiger partial charge in [-0.2, -0.15) is 0 Å². The molecule has 0 unspecified atom stereocenters. The number of carbonyl (C=O) groups is 1. The van der Waals surface area contributed by atoms with Gasteiger partial charge in [0, 0.05) is 14.4 Å². The van der Waals surface area contributed by atoms with Crippen molar-refractivity contribution in [2.24, 2.45) is 0 Å². The van der Waals surface area contributed by atoms with Gasteiger partial charge in [-0.05, 0) is 45.6 Å². The monoisotopic (exact) mass is 380 g/mol. The molecule has 0 saturated carbocycles. The van der Waals surface area contributed by atoms with E-state index in [0.29, 0.717) is 15.8 Å². The zero-order valence-corrected chi connectivity index (χ0v) is 13.7. The molecule has 1 aromatic heterocycles. The summed E-state index contributed by atoms with van der Waals surface area (Å²) in [5, 5.41) is 3.11. The van der Waals surface area contributed by atoms with Gasteiger partial charge in [0.25, 0.3) is 0 Å². The summed E-state index contributed by atoms with van der Waals surface area (Å²) in [4.78, 5) is 13.5. The number of Topliss-reactive ketones (excluding diaryl/α,β-unsaturated/α-hetero) is 1. The Bertz CT molecular complexity index is 583. The number of rotatable bonds is 4. The maximum Gasteiger partial charge on any atom is 0.184 e. The van der Waals surface area contributed by atoms with E-state index in [1.165, 1.54) is 23.1 Å². The third-order valence-corrected chi connectivity index (χ3v) is 5.73. The Morgan fingerprint density at radius 3 is 2.78 bits per heavy atom. The van der Waals surface area contributed by atoms with Crippen LogP contribution in [0.25, 0.3) is 0 Å². The molecule has 0 fully saturated rings. The predicted molar refractivity (Wildman–Crippen MR) is 83.5 cm³/mol. The average molecular weight is 382 g/mol. The lowest BCUT2D eigenvalue weighted by molar-refractivity contribution is 0.102. The number of hydrogen-bond acceptors (Lipinski definition) is 3. The number of carbonyl (C=O) groups excluding carboxylic acids is 1. The van der Waals surface area contributed by atoms with Crippen LogP contribution in [-0.4, -0.2) is 11.5 Å². The van der Waals surface area contributed by atoms with Crippen molar-refractivity contribution in [3.05, 3.63) is 49.0 Å². The molecule has 0 N–H and O–H groups in total. The van der Waals surface area contributed by atoms with E-state index in [4.69, 9.17) is 23.2 Å². The lowest BCUT2D eigenvalue weighted by atomic mass is 10.3. The van der Waals surface area contributed by atoms with Gasteiger partial charge in [0.15, 0.2) is 5.78 Å². The van der Waals surface area contributed by atoms with Crippen LogP contribution in [0.15, 0.2) is 39.0 Å². The maximum absolute atomic E-state index is 12.0.